The van der Waals surface area contributed by atoms with Crippen LogP contribution in [0.1, 0.15) is 33.1 Å². The molecule has 0 amide bonds. The van der Waals surface area contributed by atoms with Gasteiger partial charge in [0, 0.05) is 18.6 Å². The zero-order valence-corrected chi connectivity index (χ0v) is 10.7. The van der Waals surface area contributed by atoms with E-state index in [1.165, 1.54) is 33.0 Å². The van der Waals surface area contributed by atoms with Gasteiger partial charge in [0.1, 0.15) is 0 Å². The highest BCUT2D eigenvalue weighted by Crippen LogP contribution is 2.08. The summed E-state index contributed by atoms with van der Waals surface area (Å²) in [5.41, 5.74) is 0. The monoisotopic (exact) mass is 228 g/mol. The van der Waals surface area contributed by atoms with Crippen molar-refractivity contribution in [3.05, 3.63) is 0 Å². The van der Waals surface area contributed by atoms with E-state index in [-0.39, 0.29) is 12.0 Å². The lowest BCUT2D eigenvalue weighted by Gasteiger charge is -2.24. The lowest BCUT2D eigenvalue weighted by Crippen LogP contribution is -2.42. The average molecular weight is 228 g/mol. The van der Waals surface area contributed by atoms with Crippen LogP contribution in [-0.2, 0) is 9.53 Å². The minimum atomic E-state index is -0.145. The number of carbonyl (C=O) groups excluding carboxylic acids is 1. The first-order valence-electron chi connectivity index (χ1n) is 6.17. The van der Waals surface area contributed by atoms with Crippen LogP contribution in [0.3, 0.4) is 0 Å². The maximum absolute atomic E-state index is 11.1. The molecule has 94 valence electrons. The number of hydrogen-bond donors (Lipinski definition) is 1. The van der Waals surface area contributed by atoms with Gasteiger partial charge in [0.15, 0.2) is 0 Å². The summed E-state index contributed by atoms with van der Waals surface area (Å²) >= 11 is 0. The molecule has 1 aliphatic heterocycles. The number of esters is 1. The molecule has 1 saturated heterocycles. The highest BCUT2D eigenvalue weighted by atomic mass is 16.5. The van der Waals surface area contributed by atoms with Crippen molar-refractivity contribution in [2.45, 2.75) is 45.2 Å². The standard InChI is InChI=1S/C12H24N2O2/c1-10(8-12(15)16-3)13-11(2)9-14-6-4-5-7-14/h10-11,13H,4-9H2,1-3H3. The molecule has 16 heavy (non-hydrogen) atoms. The Kier molecular flexibility index (Phi) is 5.77. The van der Waals surface area contributed by atoms with E-state index < -0.39 is 0 Å². The molecular weight excluding hydrogens is 204 g/mol. The number of rotatable bonds is 6. The van der Waals surface area contributed by atoms with Gasteiger partial charge in [-0.15, -0.1) is 0 Å². The Morgan fingerprint density at radius 1 is 1.31 bits per heavy atom. The van der Waals surface area contributed by atoms with Crippen molar-refractivity contribution in [3.8, 4) is 0 Å². The molecule has 0 aromatic rings. The van der Waals surface area contributed by atoms with Crippen molar-refractivity contribution in [3.63, 3.8) is 0 Å². The molecule has 0 bridgehead atoms. The van der Waals surface area contributed by atoms with Crippen LogP contribution in [0.15, 0.2) is 0 Å². The van der Waals surface area contributed by atoms with Crippen LogP contribution >= 0.6 is 0 Å². The molecular formula is C12H24N2O2. The molecule has 0 radical (unpaired) electrons. The summed E-state index contributed by atoms with van der Waals surface area (Å²) in [6.45, 7) is 7.71. The maximum Gasteiger partial charge on any atom is 0.307 e. The van der Waals surface area contributed by atoms with Gasteiger partial charge >= 0.3 is 5.97 Å². The highest BCUT2D eigenvalue weighted by molar-refractivity contribution is 5.69. The van der Waals surface area contributed by atoms with Gasteiger partial charge in [0.05, 0.1) is 13.5 Å². The van der Waals surface area contributed by atoms with Crippen LogP contribution in [0.25, 0.3) is 0 Å². The average Bonchev–Trinajstić information content (AvgIpc) is 2.69. The van der Waals surface area contributed by atoms with Crippen LogP contribution in [0, 0.1) is 0 Å². The molecule has 1 rings (SSSR count). The van der Waals surface area contributed by atoms with Crippen LogP contribution in [-0.4, -0.2) is 49.7 Å². The number of ether oxygens (including phenoxy) is 1. The summed E-state index contributed by atoms with van der Waals surface area (Å²) in [5, 5.41) is 3.43. The molecule has 1 aliphatic rings. The summed E-state index contributed by atoms with van der Waals surface area (Å²) in [4.78, 5) is 13.6. The topological polar surface area (TPSA) is 41.6 Å². The Labute approximate surface area is 98.3 Å². The van der Waals surface area contributed by atoms with Crippen molar-refractivity contribution < 1.29 is 9.53 Å². The molecule has 2 atom stereocenters. The summed E-state index contributed by atoms with van der Waals surface area (Å²) in [5.74, 6) is -0.145. The van der Waals surface area contributed by atoms with Gasteiger partial charge in [-0.3, -0.25) is 4.79 Å². The smallest absolute Gasteiger partial charge is 0.307 e. The number of likely N-dealkylation sites (tertiary alicyclic amines) is 1. The van der Waals surface area contributed by atoms with E-state index in [9.17, 15) is 4.79 Å². The molecule has 0 spiro atoms. The third kappa shape index (κ3) is 4.94. The number of hydrogen-bond acceptors (Lipinski definition) is 4. The van der Waals surface area contributed by atoms with Crippen molar-refractivity contribution in [1.29, 1.82) is 0 Å². The molecule has 1 fully saturated rings. The Morgan fingerprint density at radius 2 is 1.94 bits per heavy atom. The van der Waals surface area contributed by atoms with Crippen molar-refractivity contribution >= 4 is 5.97 Å². The Hall–Kier alpha value is -0.610. The fourth-order valence-corrected chi connectivity index (χ4v) is 2.28. The second-order valence-electron chi connectivity index (χ2n) is 4.76. The van der Waals surface area contributed by atoms with Gasteiger partial charge < -0.3 is 15.0 Å². The van der Waals surface area contributed by atoms with Crippen LogP contribution in [0.4, 0.5) is 0 Å². The summed E-state index contributed by atoms with van der Waals surface area (Å²) in [6, 6.07) is 0.614. The largest absolute Gasteiger partial charge is 0.469 e. The normalized spacial score (nSPS) is 20.7. The van der Waals surface area contributed by atoms with Crippen LogP contribution in [0.5, 0.6) is 0 Å². The van der Waals surface area contributed by atoms with Crippen LogP contribution < -0.4 is 5.32 Å². The second kappa shape index (κ2) is 6.86. The van der Waals surface area contributed by atoms with Gasteiger partial charge in [-0.1, -0.05) is 0 Å². The summed E-state index contributed by atoms with van der Waals surface area (Å²) in [6.07, 6.45) is 3.09. The number of nitrogens with one attached hydrogen (secondary N) is 1. The van der Waals surface area contributed by atoms with E-state index in [2.05, 4.69) is 21.9 Å². The van der Waals surface area contributed by atoms with E-state index in [1.54, 1.807) is 0 Å². The quantitative estimate of drug-likeness (QED) is 0.689. The molecule has 1 N–H and O–H groups in total. The zero-order chi connectivity index (χ0) is 12.0. The molecule has 4 nitrogen and oxygen atoms in total. The van der Waals surface area contributed by atoms with Crippen molar-refractivity contribution in [2.24, 2.45) is 0 Å². The first-order chi connectivity index (χ1) is 7.61. The molecule has 1 heterocycles. The van der Waals surface area contributed by atoms with Gasteiger partial charge in [0.2, 0.25) is 0 Å². The molecule has 0 aromatic heterocycles. The number of carbonyl (C=O) groups is 1. The molecule has 4 heteroatoms. The number of nitrogens with zero attached hydrogens (tertiary/aromatic N) is 1. The zero-order valence-electron chi connectivity index (χ0n) is 10.7. The van der Waals surface area contributed by atoms with E-state index in [0.29, 0.717) is 12.5 Å². The van der Waals surface area contributed by atoms with Crippen molar-refractivity contribution in [2.75, 3.05) is 26.7 Å². The second-order valence-corrected chi connectivity index (χ2v) is 4.76. The minimum Gasteiger partial charge on any atom is -0.469 e. The van der Waals surface area contributed by atoms with Gasteiger partial charge in [-0.2, -0.15) is 0 Å². The first kappa shape index (κ1) is 13.5. The lowest BCUT2D eigenvalue weighted by atomic mass is 10.2. The Balaban J connectivity index is 2.16. The van der Waals surface area contributed by atoms with E-state index in [1.807, 2.05) is 6.92 Å². The SMILES string of the molecule is COC(=O)CC(C)NC(C)CN1CCCC1. The van der Waals surface area contributed by atoms with Crippen LogP contribution in [0.2, 0.25) is 0 Å². The fraction of sp³-hybridized carbons (Fsp3) is 0.917. The lowest BCUT2D eigenvalue weighted by molar-refractivity contribution is -0.141. The highest BCUT2D eigenvalue weighted by Gasteiger charge is 2.16. The number of methoxy groups -OCH3 is 1. The van der Waals surface area contributed by atoms with E-state index in [0.717, 1.165) is 6.54 Å². The van der Waals surface area contributed by atoms with Gasteiger partial charge in [-0.05, 0) is 39.8 Å². The third-order valence-electron chi connectivity index (χ3n) is 3.00. The third-order valence-corrected chi connectivity index (χ3v) is 3.00. The predicted octanol–water partition coefficient (Wildman–Crippen LogP) is 1.01. The van der Waals surface area contributed by atoms with Gasteiger partial charge in [0.25, 0.3) is 0 Å². The van der Waals surface area contributed by atoms with E-state index >= 15 is 0 Å². The van der Waals surface area contributed by atoms with E-state index in [4.69, 9.17) is 0 Å². The van der Waals surface area contributed by atoms with Gasteiger partial charge in [-0.25, -0.2) is 0 Å². The molecule has 2 unspecified atom stereocenters. The predicted molar refractivity (Wildman–Crippen MR) is 64.4 cm³/mol. The minimum absolute atomic E-state index is 0.145. The summed E-state index contributed by atoms with van der Waals surface area (Å²) < 4.78 is 4.65. The summed E-state index contributed by atoms with van der Waals surface area (Å²) in [7, 11) is 1.43. The molecule has 0 aliphatic carbocycles. The maximum atomic E-state index is 11.1. The van der Waals surface area contributed by atoms with Crippen molar-refractivity contribution in [1.82, 2.24) is 10.2 Å². The molecule has 0 saturated carbocycles. The fourth-order valence-electron chi connectivity index (χ4n) is 2.28. The Morgan fingerprint density at radius 3 is 2.50 bits per heavy atom. The Bertz CT molecular complexity index is 215. The first-order valence-corrected chi connectivity index (χ1v) is 6.17. The molecule has 0 aromatic carbocycles.